The third-order valence-electron chi connectivity index (χ3n) is 2.26. The normalized spacial score (nSPS) is 11.2. The molecule has 0 aliphatic heterocycles. The number of hydrogen-bond donors (Lipinski definition) is 1. The molecule has 1 rings (SSSR count). The second-order valence-electron chi connectivity index (χ2n) is 3.55. The van der Waals surface area contributed by atoms with Gasteiger partial charge in [0, 0.05) is 5.56 Å². The van der Waals surface area contributed by atoms with E-state index >= 15 is 0 Å². The zero-order chi connectivity index (χ0) is 13.9. The molecule has 18 heavy (non-hydrogen) atoms. The molecule has 0 heterocycles. The molecule has 7 heteroatoms. The first-order valence-corrected chi connectivity index (χ1v) is 4.93. The van der Waals surface area contributed by atoms with Crippen molar-refractivity contribution in [1.29, 1.82) is 0 Å². The summed E-state index contributed by atoms with van der Waals surface area (Å²) in [5.74, 6) is -0.671. The van der Waals surface area contributed by atoms with E-state index in [2.05, 4.69) is 9.47 Å². The molecular formula is C11H12F3NO3. The predicted octanol–water partition coefficient (Wildman–Crippen LogP) is 2.30. The lowest BCUT2D eigenvalue weighted by Gasteiger charge is -2.14. The average molecular weight is 263 g/mol. The number of benzene rings is 1. The fourth-order valence-corrected chi connectivity index (χ4v) is 1.31. The number of carbonyl (C=O) groups excluding carboxylic acids is 1. The molecule has 0 aromatic heterocycles. The Morgan fingerprint density at radius 2 is 2.00 bits per heavy atom. The number of nitrogens with two attached hydrogens (primary N) is 1. The van der Waals surface area contributed by atoms with Crippen molar-refractivity contribution in [1.82, 2.24) is 0 Å². The minimum Gasteiger partial charge on any atom is -0.484 e. The Morgan fingerprint density at radius 3 is 2.50 bits per heavy atom. The second-order valence-corrected chi connectivity index (χ2v) is 3.55. The van der Waals surface area contributed by atoms with Gasteiger partial charge in [0.05, 0.1) is 18.4 Å². The Kier molecular flexibility index (Phi) is 4.05. The minimum absolute atomic E-state index is 0.0162. The first-order chi connectivity index (χ1) is 8.26. The van der Waals surface area contributed by atoms with E-state index in [-0.39, 0.29) is 22.6 Å². The molecular weight excluding hydrogens is 251 g/mol. The van der Waals surface area contributed by atoms with Crippen LogP contribution in [0.1, 0.15) is 15.9 Å². The Hall–Kier alpha value is -1.92. The molecule has 0 aliphatic carbocycles. The van der Waals surface area contributed by atoms with E-state index < -0.39 is 18.8 Å². The quantitative estimate of drug-likeness (QED) is 0.671. The van der Waals surface area contributed by atoms with Gasteiger partial charge in [-0.25, -0.2) is 4.79 Å². The highest BCUT2D eigenvalue weighted by Gasteiger charge is 2.29. The highest BCUT2D eigenvalue weighted by Crippen LogP contribution is 2.28. The Labute approximate surface area is 101 Å². The molecule has 1 aromatic carbocycles. The number of esters is 1. The van der Waals surface area contributed by atoms with Crippen molar-refractivity contribution in [2.75, 3.05) is 19.5 Å². The monoisotopic (exact) mass is 263 g/mol. The van der Waals surface area contributed by atoms with Crippen LogP contribution in [-0.4, -0.2) is 25.9 Å². The van der Waals surface area contributed by atoms with E-state index in [1.807, 2.05) is 0 Å². The van der Waals surface area contributed by atoms with E-state index in [4.69, 9.17) is 5.73 Å². The van der Waals surface area contributed by atoms with E-state index in [0.717, 1.165) is 0 Å². The van der Waals surface area contributed by atoms with Crippen LogP contribution in [0.25, 0.3) is 0 Å². The van der Waals surface area contributed by atoms with Crippen LogP contribution >= 0.6 is 0 Å². The van der Waals surface area contributed by atoms with Crippen LogP contribution in [0.3, 0.4) is 0 Å². The summed E-state index contributed by atoms with van der Waals surface area (Å²) >= 11 is 0. The second kappa shape index (κ2) is 5.16. The summed E-state index contributed by atoms with van der Waals surface area (Å²) in [5.41, 5.74) is 6.04. The van der Waals surface area contributed by atoms with Gasteiger partial charge in [0.1, 0.15) is 5.75 Å². The summed E-state index contributed by atoms with van der Waals surface area (Å²) in [5, 5.41) is 0. The van der Waals surface area contributed by atoms with Crippen LogP contribution < -0.4 is 10.5 Å². The molecule has 0 saturated heterocycles. The number of carbonyl (C=O) groups is 1. The fourth-order valence-electron chi connectivity index (χ4n) is 1.31. The molecule has 2 N–H and O–H groups in total. The molecule has 0 spiro atoms. The third kappa shape index (κ3) is 3.28. The summed E-state index contributed by atoms with van der Waals surface area (Å²) in [6.45, 7) is 0.0539. The Bertz CT molecular complexity index is 458. The number of hydrogen-bond acceptors (Lipinski definition) is 4. The SMILES string of the molecule is COC(=O)c1ccc(OCC(F)(F)F)c(C)c1N. The number of anilines is 1. The van der Waals surface area contributed by atoms with Crippen LogP contribution in [0.2, 0.25) is 0 Å². The van der Waals surface area contributed by atoms with Crippen molar-refractivity contribution in [3.63, 3.8) is 0 Å². The lowest BCUT2D eigenvalue weighted by molar-refractivity contribution is -0.153. The number of alkyl halides is 3. The number of ether oxygens (including phenoxy) is 2. The molecule has 0 atom stereocenters. The maximum atomic E-state index is 12.0. The van der Waals surface area contributed by atoms with Crippen molar-refractivity contribution in [3.05, 3.63) is 23.3 Å². The van der Waals surface area contributed by atoms with Crippen molar-refractivity contribution in [2.24, 2.45) is 0 Å². The number of rotatable bonds is 3. The zero-order valence-corrected chi connectivity index (χ0v) is 9.80. The Morgan fingerprint density at radius 1 is 1.39 bits per heavy atom. The molecule has 4 nitrogen and oxygen atoms in total. The first-order valence-electron chi connectivity index (χ1n) is 4.93. The van der Waals surface area contributed by atoms with Crippen molar-refractivity contribution in [2.45, 2.75) is 13.1 Å². The summed E-state index contributed by atoms with van der Waals surface area (Å²) in [6.07, 6.45) is -4.43. The van der Waals surface area contributed by atoms with Crippen LogP contribution in [0.4, 0.5) is 18.9 Å². The van der Waals surface area contributed by atoms with Gasteiger partial charge in [-0.15, -0.1) is 0 Å². The third-order valence-corrected chi connectivity index (χ3v) is 2.26. The van der Waals surface area contributed by atoms with Crippen LogP contribution in [0.15, 0.2) is 12.1 Å². The lowest BCUT2D eigenvalue weighted by Crippen LogP contribution is -2.20. The average Bonchev–Trinajstić information content (AvgIpc) is 2.29. The summed E-state index contributed by atoms with van der Waals surface area (Å²) in [4.78, 5) is 11.3. The van der Waals surface area contributed by atoms with E-state index in [9.17, 15) is 18.0 Å². The van der Waals surface area contributed by atoms with Crippen molar-refractivity contribution in [3.8, 4) is 5.75 Å². The summed E-state index contributed by atoms with van der Waals surface area (Å²) < 4.78 is 45.1. The van der Waals surface area contributed by atoms with Crippen LogP contribution in [0, 0.1) is 6.92 Å². The van der Waals surface area contributed by atoms with Crippen LogP contribution in [-0.2, 0) is 4.74 Å². The highest BCUT2D eigenvalue weighted by atomic mass is 19.4. The van der Waals surface area contributed by atoms with Gasteiger partial charge in [0.15, 0.2) is 6.61 Å². The fraction of sp³-hybridized carbons (Fsp3) is 0.364. The molecule has 0 bridgehead atoms. The van der Waals surface area contributed by atoms with Crippen molar-refractivity contribution < 1.29 is 27.4 Å². The van der Waals surface area contributed by atoms with Gasteiger partial charge in [-0.05, 0) is 19.1 Å². The maximum Gasteiger partial charge on any atom is 0.422 e. The van der Waals surface area contributed by atoms with Crippen molar-refractivity contribution >= 4 is 11.7 Å². The van der Waals surface area contributed by atoms with Gasteiger partial charge >= 0.3 is 12.1 Å². The maximum absolute atomic E-state index is 12.0. The molecule has 0 aliphatic rings. The number of nitrogen functional groups attached to an aromatic ring is 1. The van der Waals surface area contributed by atoms with Gasteiger partial charge in [-0.3, -0.25) is 0 Å². The molecule has 0 saturated carbocycles. The first kappa shape index (κ1) is 14.1. The van der Waals surface area contributed by atoms with E-state index in [1.54, 1.807) is 0 Å². The standard InChI is InChI=1S/C11H12F3NO3/c1-6-8(18-5-11(12,13)14)4-3-7(9(6)15)10(16)17-2/h3-4H,5,15H2,1-2H3. The Balaban J connectivity index is 2.98. The van der Waals surface area contributed by atoms with Crippen LogP contribution in [0.5, 0.6) is 5.75 Å². The zero-order valence-electron chi connectivity index (χ0n) is 9.80. The molecule has 1 aromatic rings. The van der Waals surface area contributed by atoms with E-state index in [0.29, 0.717) is 0 Å². The summed E-state index contributed by atoms with van der Waals surface area (Å²) in [6, 6.07) is 2.52. The highest BCUT2D eigenvalue weighted by molar-refractivity contribution is 5.96. The smallest absolute Gasteiger partial charge is 0.422 e. The molecule has 100 valence electrons. The number of methoxy groups -OCH3 is 1. The van der Waals surface area contributed by atoms with Gasteiger partial charge in [0.25, 0.3) is 0 Å². The largest absolute Gasteiger partial charge is 0.484 e. The molecule has 0 unspecified atom stereocenters. The minimum atomic E-state index is -4.43. The summed E-state index contributed by atoms with van der Waals surface area (Å²) in [7, 11) is 1.19. The molecule has 0 amide bonds. The van der Waals surface area contributed by atoms with Gasteiger partial charge in [-0.2, -0.15) is 13.2 Å². The van der Waals surface area contributed by atoms with Gasteiger partial charge in [0.2, 0.25) is 0 Å². The predicted molar refractivity (Wildman–Crippen MR) is 58.5 cm³/mol. The number of halogens is 3. The lowest BCUT2D eigenvalue weighted by atomic mass is 10.1. The molecule has 0 radical (unpaired) electrons. The van der Waals surface area contributed by atoms with E-state index in [1.165, 1.54) is 26.2 Å². The topological polar surface area (TPSA) is 61.5 Å². The van der Waals surface area contributed by atoms with Gasteiger partial charge in [-0.1, -0.05) is 0 Å². The molecule has 0 fully saturated rings. The van der Waals surface area contributed by atoms with Gasteiger partial charge < -0.3 is 15.2 Å².